The fraction of sp³-hybridized carbons (Fsp3) is 0.0833. The molecule has 0 aliphatic carbocycles. The Balaban J connectivity index is 1.28. The number of aromatic nitrogens is 1. The summed E-state index contributed by atoms with van der Waals surface area (Å²) in [6.07, 6.45) is 0.244. The van der Waals surface area contributed by atoms with E-state index in [-0.39, 0.29) is 19.0 Å². The Morgan fingerprint density at radius 2 is 1.52 bits per heavy atom. The van der Waals surface area contributed by atoms with E-state index in [4.69, 9.17) is 4.74 Å². The zero-order valence-corrected chi connectivity index (χ0v) is 16.6. The maximum atomic E-state index is 12.2. The van der Waals surface area contributed by atoms with Gasteiger partial charge in [-0.25, -0.2) is 4.98 Å². The van der Waals surface area contributed by atoms with Crippen molar-refractivity contribution in [3.63, 3.8) is 0 Å². The van der Waals surface area contributed by atoms with Gasteiger partial charge < -0.3 is 10.1 Å². The summed E-state index contributed by atoms with van der Waals surface area (Å²) in [5, 5.41) is 5.91. The minimum atomic E-state index is -0.261. The molecule has 1 aromatic heterocycles. The minimum Gasteiger partial charge on any atom is -0.459 e. The molecule has 144 valence electrons. The SMILES string of the molecule is O=C(Cc1ccc(-c2ccccc2)cc1)OCc1csc(Nc2ccccc2)n1. The van der Waals surface area contributed by atoms with Crippen LogP contribution in [-0.2, 0) is 22.6 Å². The van der Waals surface area contributed by atoms with E-state index in [0.717, 1.165) is 33.2 Å². The van der Waals surface area contributed by atoms with Gasteiger partial charge in [0.1, 0.15) is 6.61 Å². The third-order valence-corrected chi connectivity index (χ3v) is 5.17. The molecule has 4 aromatic rings. The highest BCUT2D eigenvalue weighted by Crippen LogP contribution is 2.22. The van der Waals surface area contributed by atoms with Gasteiger partial charge in [-0.15, -0.1) is 11.3 Å². The van der Waals surface area contributed by atoms with Crippen LogP contribution < -0.4 is 5.32 Å². The van der Waals surface area contributed by atoms with Crippen molar-refractivity contribution in [3.05, 3.63) is 102 Å². The van der Waals surface area contributed by atoms with E-state index in [0.29, 0.717) is 0 Å². The Morgan fingerprint density at radius 1 is 0.862 bits per heavy atom. The molecular weight excluding hydrogens is 380 g/mol. The molecule has 0 aliphatic heterocycles. The van der Waals surface area contributed by atoms with Gasteiger partial charge in [0.25, 0.3) is 0 Å². The first-order valence-electron chi connectivity index (χ1n) is 9.33. The number of carbonyl (C=O) groups excluding carboxylic acids is 1. The molecule has 29 heavy (non-hydrogen) atoms. The molecule has 0 bridgehead atoms. The molecule has 0 aliphatic rings. The largest absolute Gasteiger partial charge is 0.459 e. The lowest BCUT2D eigenvalue weighted by atomic mass is 10.0. The number of thiazole rings is 1. The summed E-state index contributed by atoms with van der Waals surface area (Å²) in [6, 6.07) is 28.0. The van der Waals surface area contributed by atoms with Crippen LogP contribution in [0.1, 0.15) is 11.3 Å². The molecule has 0 spiro atoms. The topological polar surface area (TPSA) is 51.2 Å². The first-order chi connectivity index (χ1) is 14.3. The fourth-order valence-corrected chi connectivity index (χ4v) is 3.61. The molecule has 5 heteroatoms. The molecule has 0 atom stereocenters. The second kappa shape index (κ2) is 9.17. The molecule has 0 saturated carbocycles. The van der Waals surface area contributed by atoms with E-state index in [9.17, 15) is 4.79 Å². The van der Waals surface area contributed by atoms with Gasteiger partial charge in [0.2, 0.25) is 0 Å². The molecule has 0 unspecified atom stereocenters. The molecular formula is C24H20N2O2S. The van der Waals surface area contributed by atoms with E-state index in [1.54, 1.807) is 0 Å². The zero-order valence-electron chi connectivity index (χ0n) is 15.7. The number of rotatable bonds is 7. The van der Waals surface area contributed by atoms with Crippen molar-refractivity contribution >= 4 is 28.1 Å². The number of esters is 1. The lowest BCUT2D eigenvalue weighted by Crippen LogP contribution is -2.08. The van der Waals surface area contributed by atoms with Crippen molar-refractivity contribution in [1.29, 1.82) is 0 Å². The average molecular weight is 401 g/mol. The Hall–Kier alpha value is -3.44. The molecule has 0 fully saturated rings. The van der Waals surface area contributed by atoms with Gasteiger partial charge in [-0.2, -0.15) is 0 Å². The predicted octanol–water partition coefficient (Wildman–Crippen LogP) is 5.84. The van der Waals surface area contributed by atoms with Crippen LogP contribution in [0.3, 0.4) is 0 Å². The van der Waals surface area contributed by atoms with Gasteiger partial charge in [0.05, 0.1) is 12.1 Å². The van der Waals surface area contributed by atoms with Crippen LogP contribution in [0.25, 0.3) is 11.1 Å². The van der Waals surface area contributed by atoms with Gasteiger partial charge in [-0.05, 0) is 28.8 Å². The average Bonchev–Trinajstić information content (AvgIpc) is 3.21. The van der Waals surface area contributed by atoms with Crippen LogP contribution in [0, 0.1) is 0 Å². The number of nitrogens with one attached hydrogen (secondary N) is 1. The van der Waals surface area contributed by atoms with E-state index < -0.39 is 0 Å². The third-order valence-electron chi connectivity index (χ3n) is 4.37. The summed E-state index contributed by atoms with van der Waals surface area (Å²) < 4.78 is 5.39. The summed E-state index contributed by atoms with van der Waals surface area (Å²) in [5.41, 5.74) is 4.93. The summed E-state index contributed by atoms with van der Waals surface area (Å²) in [7, 11) is 0. The first kappa shape index (κ1) is 18.9. The molecule has 0 radical (unpaired) electrons. The number of nitrogens with zero attached hydrogens (tertiary/aromatic N) is 1. The Morgan fingerprint density at radius 3 is 2.24 bits per heavy atom. The van der Waals surface area contributed by atoms with Gasteiger partial charge >= 0.3 is 5.97 Å². The van der Waals surface area contributed by atoms with Crippen molar-refractivity contribution in [2.24, 2.45) is 0 Å². The number of para-hydroxylation sites is 1. The summed E-state index contributed by atoms with van der Waals surface area (Å²) in [4.78, 5) is 16.6. The van der Waals surface area contributed by atoms with Gasteiger partial charge in [-0.3, -0.25) is 4.79 Å². The number of anilines is 2. The van der Waals surface area contributed by atoms with Gasteiger partial charge in [0, 0.05) is 11.1 Å². The monoisotopic (exact) mass is 400 g/mol. The summed E-state index contributed by atoms with van der Waals surface area (Å²) in [6.45, 7) is 0.175. The van der Waals surface area contributed by atoms with Crippen LogP contribution in [0.15, 0.2) is 90.3 Å². The highest BCUT2D eigenvalue weighted by atomic mass is 32.1. The standard InChI is InChI=1S/C24H20N2O2S/c27-23(15-18-11-13-20(14-12-18)19-7-3-1-4-8-19)28-16-22-17-29-24(26-22)25-21-9-5-2-6-10-21/h1-14,17H,15-16H2,(H,25,26). The summed E-state index contributed by atoms with van der Waals surface area (Å²) in [5.74, 6) is -0.261. The van der Waals surface area contributed by atoms with Crippen molar-refractivity contribution in [3.8, 4) is 11.1 Å². The number of ether oxygens (including phenoxy) is 1. The molecule has 4 nitrogen and oxygen atoms in total. The van der Waals surface area contributed by atoms with Crippen molar-refractivity contribution < 1.29 is 9.53 Å². The Kier molecular flexibility index (Phi) is 5.98. The second-order valence-corrected chi connectivity index (χ2v) is 7.39. The summed E-state index contributed by atoms with van der Waals surface area (Å²) >= 11 is 1.49. The number of benzene rings is 3. The lowest BCUT2D eigenvalue weighted by Gasteiger charge is -2.05. The van der Waals surface area contributed by atoms with E-state index in [2.05, 4.69) is 22.4 Å². The normalized spacial score (nSPS) is 10.5. The second-order valence-electron chi connectivity index (χ2n) is 6.54. The van der Waals surface area contributed by atoms with Crippen molar-refractivity contribution in [1.82, 2.24) is 4.98 Å². The maximum absolute atomic E-state index is 12.2. The number of hydrogen-bond donors (Lipinski definition) is 1. The van der Waals surface area contributed by atoms with E-state index in [1.807, 2.05) is 78.2 Å². The van der Waals surface area contributed by atoms with Crippen LogP contribution >= 0.6 is 11.3 Å². The number of carbonyl (C=O) groups is 1. The smallest absolute Gasteiger partial charge is 0.310 e. The third kappa shape index (κ3) is 5.30. The van der Waals surface area contributed by atoms with Crippen LogP contribution in [-0.4, -0.2) is 11.0 Å². The highest BCUT2D eigenvalue weighted by Gasteiger charge is 2.08. The highest BCUT2D eigenvalue weighted by molar-refractivity contribution is 7.13. The molecule has 4 rings (SSSR count). The number of hydrogen-bond acceptors (Lipinski definition) is 5. The predicted molar refractivity (Wildman–Crippen MR) is 117 cm³/mol. The molecule has 3 aromatic carbocycles. The van der Waals surface area contributed by atoms with E-state index >= 15 is 0 Å². The van der Waals surface area contributed by atoms with E-state index in [1.165, 1.54) is 11.3 Å². The van der Waals surface area contributed by atoms with Crippen LogP contribution in [0.5, 0.6) is 0 Å². The van der Waals surface area contributed by atoms with Crippen LogP contribution in [0.4, 0.5) is 10.8 Å². The Labute approximate surface area is 173 Å². The molecule has 0 amide bonds. The molecule has 1 N–H and O–H groups in total. The zero-order chi connectivity index (χ0) is 19.9. The van der Waals surface area contributed by atoms with Crippen molar-refractivity contribution in [2.45, 2.75) is 13.0 Å². The minimum absolute atomic E-state index is 0.175. The van der Waals surface area contributed by atoms with Crippen LogP contribution in [0.2, 0.25) is 0 Å². The van der Waals surface area contributed by atoms with Gasteiger partial charge in [0.15, 0.2) is 5.13 Å². The first-order valence-corrected chi connectivity index (χ1v) is 10.2. The van der Waals surface area contributed by atoms with Crippen molar-refractivity contribution in [2.75, 3.05) is 5.32 Å². The Bertz CT molecular complexity index is 1060. The molecule has 0 saturated heterocycles. The lowest BCUT2D eigenvalue weighted by molar-refractivity contribution is -0.144. The maximum Gasteiger partial charge on any atom is 0.310 e. The fourth-order valence-electron chi connectivity index (χ4n) is 2.89. The van der Waals surface area contributed by atoms with Gasteiger partial charge in [-0.1, -0.05) is 72.8 Å². The molecule has 1 heterocycles. The quantitative estimate of drug-likeness (QED) is 0.396.